The van der Waals surface area contributed by atoms with E-state index >= 15 is 0 Å². The van der Waals surface area contributed by atoms with Crippen LogP contribution in [0.1, 0.15) is 48.0 Å². The molecular weight excluding hydrogens is 542 g/mol. The highest BCUT2D eigenvalue weighted by atomic mass is 16.5. The van der Waals surface area contributed by atoms with E-state index in [0.717, 1.165) is 11.3 Å². The highest BCUT2D eigenvalue weighted by Crippen LogP contribution is 2.19. The number of aryl methyl sites for hydroxylation is 1. The van der Waals surface area contributed by atoms with Crippen molar-refractivity contribution in [3.63, 3.8) is 0 Å². The van der Waals surface area contributed by atoms with E-state index in [0.29, 0.717) is 25.1 Å². The zero-order valence-electron chi connectivity index (χ0n) is 24.0. The lowest BCUT2D eigenvalue weighted by Crippen LogP contribution is -2.49. The lowest BCUT2D eigenvalue weighted by Gasteiger charge is -2.24. The van der Waals surface area contributed by atoms with Crippen LogP contribution in [-0.2, 0) is 25.6 Å². The molecule has 0 unspecified atom stereocenters. The molecule has 1 aliphatic heterocycles. The molecule has 5 amide bonds. The van der Waals surface area contributed by atoms with E-state index < -0.39 is 41.6 Å². The van der Waals surface area contributed by atoms with Gasteiger partial charge in [0, 0.05) is 26.4 Å². The first kappa shape index (κ1) is 31.9. The maximum Gasteiger partial charge on any atom is 0.255 e. The molecule has 2 atom stereocenters. The summed E-state index contributed by atoms with van der Waals surface area (Å²) in [4.78, 5) is 65.1. The fourth-order valence-electron chi connectivity index (χ4n) is 4.49. The molecule has 226 valence electrons. The van der Waals surface area contributed by atoms with Crippen LogP contribution in [0, 0.1) is 0 Å². The van der Waals surface area contributed by atoms with Crippen LogP contribution in [0.15, 0.2) is 48.5 Å². The fourth-order valence-corrected chi connectivity index (χ4v) is 4.49. The molecule has 12 heteroatoms. The Morgan fingerprint density at radius 3 is 2.67 bits per heavy atom. The van der Waals surface area contributed by atoms with Gasteiger partial charge in [-0.15, -0.1) is 0 Å². The SMILES string of the molecule is COc1cccc(CCCNC(=O)[C@@H]2CCC(=O)N[C@@H](CCC(N)=O)C(=O)N(C)CCOc3ccccc3C(=O)N2)c1. The normalized spacial score (nSPS) is 18.3. The first-order chi connectivity index (χ1) is 20.2. The van der Waals surface area contributed by atoms with Crippen molar-refractivity contribution in [2.24, 2.45) is 5.73 Å². The average Bonchev–Trinajstić information content (AvgIpc) is 2.98. The van der Waals surface area contributed by atoms with Gasteiger partial charge in [0.25, 0.3) is 5.91 Å². The number of benzene rings is 2. The highest BCUT2D eigenvalue weighted by molar-refractivity contribution is 5.99. The predicted octanol–water partition coefficient (Wildman–Crippen LogP) is 0.924. The van der Waals surface area contributed by atoms with Crippen LogP contribution in [0.2, 0.25) is 0 Å². The number of carbonyl (C=O) groups excluding carboxylic acids is 5. The van der Waals surface area contributed by atoms with E-state index in [4.69, 9.17) is 15.2 Å². The van der Waals surface area contributed by atoms with E-state index in [9.17, 15) is 24.0 Å². The van der Waals surface area contributed by atoms with Crippen LogP contribution in [0.3, 0.4) is 0 Å². The number of primary amides is 1. The maximum atomic E-state index is 13.2. The van der Waals surface area contributed by atoms with Crippen molar-refractivity contribution < 1.29 is 33.4 Å². The number of methoxy groups -OCH3 is 1. The zero-order chi connectivity index (χ0) is 30.5. The van der Waals surface area contributed by atoms with Gasteiger partial charge in [-0.3, -0.25) is 24.0 Å². The number of likely N-dealkylation sites (N-methyl/N-ethyl adjacent to an activating group) is 1. The molecule has 2 aromatic rings. The third-order valence-corrected chi connectivity index (χ3v) is 6.86. The quantitative estimate of drug-likeness (QED) is 0.319. The van der Waals surface area contributed by atoms with Crippen LogP contribution in [-0.4, -0.2) is 80.4 Å². The topological polar surface area (TPSA) is 169 Å². The summed E-state index contributed by atoms with van der Waals surface area (Å²) in [6.07, 6.45) is 1.12. The monoisotopic (exact) mass is 581 g/mol. The van der Waals surface area contributed by atoms with E-state index in [1.807, 2.05) is 24.3 Å². The lowest BCUT2D eigenvalue weighted by molar-refractivity contribution is -0.136. The molecule has 0 saturated heterocycles. The summed E-state index contributed by atoms with van der Waals surface area (Å²) < 4.78 is 11.1. The molecule has 12 nitrogen and oxygen atoms in total. The van der Waals surface area contributed by atoms with Gasteiger partial charge in [-0.1, -0.05) is 24.3 Å². The number of rotatable bonds is 9. The minimum atomic E-state index is -1.03. The number of carbonyl (C=O) groups is 5. The summed E-state index contributed by atoms with van der Waals surface area (Å²) in [6.45, 7) is 0.586. The maximum absolute atomic E-state index is 13.2. The molecule has 1 aliphatic rings. The van der Waals surface area contributed by atoms with Gasteiger partial charge in [-0.25, -0.2) is 0 Å². The van der Waals surface area contributed by atoms with Crippen LogP contribution >= 0.6 is 0 Å². The van der Waals surface area contributed by atoms with Gasteiger partial charge in [0.1, 0.15) is 30.2 Å². The van der Waals surface area contributed by atoms with Gasteiger partial charge in [0.15, 0.2) is 0 Å². The molecule has 0 aromatic heterocycles. The minimum absolute atomic E-state index is 0.0190. The number of para-hydroxylation sites is 1. The third kappa shape index (κ3) is 9.79. The Balaban J connectivity index is 1.74. The predicted molar refractivity (Wildman–Crippen MR) is 155 cm³/mol. The molecule has 0 saturated carbocycles. The van der Waals surface area contributed by atoms with Crippen molar-refractivity contribution in [1.29, 1.82) is 0 Å². The van der Waals surface area contributed by atoms with Crippen LogP contribution in [0.25, 0.3) is 0 Å². The van der Waals surface area contributed by atoms with Crippen molar-refractivity contribution in [3.05, 3.63) is 59.7 Å². The summed E-state index contributed by atoms with van der Waals surface area (Å²) >= 11 is 0. The molecule has 42 heavy (non-hydrogen) atoms. The molecule has 5 N–H and O–H groups in total. The Bertz CT molecular complexity index is 1270. The molecule has 0 radical (unpaired) electrons. The first-order valence-corrected chi connectivity index (χ1v) is 13.9. The number of nitrogens with zero attached hydrogens (tertiary/aromatic N) is 1. The Kier molecular flexibility index (Phi) is 12.1. The molecular formula is C30H39N5O7. The molecule has 0 aliphatic carbocycles. The summed E-state index contributed by atoms with van der Waals surface area (Å²) in [6, 6.07) is 12.2. The highest BCUT2D eigenvalue weighted by Gasteiger charge is 2.28. The fraction of sp³-hybridized carbons (Fsp3) is 0.433. The van der Waals surface area contributed by atoms with Crippen LogP contribution in [0.5, 0.6) is 11.5 Å². The number of fused-ring (bicyclic) bond motifs is 1. The van der Waals surface area contributed by atoms with Crippen molar-refractivity contribution in [1.82, 2.24) is 20.9 Å². The first-order valence-electron chi connectivity index (χ1n) is 13.9. The largest absolute Gasteiger partial charge is 0.497 e. The number of amides is 5. The number of ether oxygens (including phenoxy) is 2. The molecule has 0 bridgehead atoms. The Labute approximate surface area is 245 Å². The Morgan fingerprint density at radius 2 is 1.90 bits per heavy atom. The van der Waals surface area contributed by atoms with Crippen LogP contribution in [0.4, 0.5) is 0 Å². The standard InChI is InChI=1S/C30H39N5O7/c1-35-17-18-42-25-11-4-3-10-22(25)28(38)34-23(13-15-27(37)33-24(30(35)40)12-14-26(31)36)29(39)32-16-6-8-20-7-5-9-21(19-20)41-2/h3-5,7,9-11,19,23-24H,6,8,12-18H2,1-2H3,(H2,31,36)(H,32,39)(H,33,37)(H,34,38)/t23-,24-/m0/s1. The van der Waals surface area contributed by atoms with Gasteiger partial charge >= 0.3 is 0 Å². The van der Waals surface area contributed by atoms with Crippen LogP contribution < -0.4 is 31.2 Å². The smallest absolute Gasteiger partial charge is 0.255 e. The van der Waals surface area contributed by atoms with Gasteiger partial charge in [-0.2, -0.15) is 0 Å². The molecule has 2 aromatic carbocycles. The van der Waals surface area contributed by atoms with Crippen molar-refractivity contribution >= 4 is 29.5 Å². The van der Waals surface area contributed by atoms with E-state index in [-0.39, 0.29) is 44.4 Å². The van der Waals surface area contributed by atoms with Gasteiger partial charge in [-0.05, 0) is 55.5 Å². The summed E-state index contributed by atoms with van der Waals surface area (Å²) in [5.41, 5.74) is 6.55. The number of nitrogens with one attached hydrogen (secondary N) is 3. The lowest BCUT2D eigenvalue weighted by atomic mass is 10.1. The second kappa shape index (κ2) is 16.0. The number of hydrogen-bond acceptors (Lipinski definition) is 7. The second-order valence-electron chi connectivity index (χ2n) is 10.0. The molecule has 0 fully saturated rings. The van der Waals surface area contributed by atoms with Crippen molar-refractivity contribution in [2.75, 3.05) is 33.9 Å². The van der Waals surface area contributed by atoms with Crippen molar-refractivity contribution in [3.8, 4) is 11.5 Å². The summed E-state index contributed by atoms with van der Waals surface area (Å²) in [5, 5.41) is 8.25. The molecule has 1 heterocycles. The number of nitrogens with two attached hydrogens (primary N) is 1. The second-order valence-corrected chi connectivity index (χ2v) is 10.0. The minimum Gasteiger partial charge on any atom is -0.497 e. The van der Waals surface area contributed by atoms with Crippen molar-refractivity contribution in [2.45, 2.75) is 50.6 Å². The molecule has 0 spiro atoms. The summed E-state index contributed by atoms with van der Waals surface area (Å²) in [7, 11) is 3.16. The average molecular weight is 582 g/mol. The van der Waals surface area contributed by atoms with E-state index in [1.165, 1.54) is 4.90 Å². The Hall–Kier alpha value is -4.61. The van der Waals surface area contributed by atoms with Gasteiger partial charge in [0.05, 0.1) is 19.2 Å². The van der Waals surface area contributed by atoms with E-state index in [1.54, 1.807) is 38.4 Å². The van der Waals surface area contributed by atoms with Gasteiger partial charge in [0.2, 0.25) is 23.6 Å². The Morgan fingerprint density at radius 1 is 1.12 bits per heavy atom. The molecule has 3 rings (SSSR count). The summed E-state index contributed by atoms with van der Waals surface area (Å²) in [5.74, 6) is -1.42. The zero-order valence-corrected chi connectivity index (χ0v) is 24.0. The third-order valence-electron chi connectivity index (χ3n) is 6.86. The number of hydrogen-bond donors (Lipinski definition) is 4. The van der Waals surface area contributed by atoms with E-state index in [2.05, 4.69) is 16.0 Å². The van der Waals surface area contributed by atoms with Gasteiger partial charge < -0.3 is 36.1 Å².